The van der Waals surface area contributed by atoms with E-state index in [4.69, 9.17) is 5.73 Å². The molecule has 0 aliphatic rings. The van der Waals surface area contributed by atoms with Crippen molar-refractivity contribution in [3.63, 3.8) is 0 Å². The Kier molecular flexibility index (Phi) is 5.24. The van der Waals surface area contributed by atoms with Crippen molar-refractivity contribution in [3.05, 3.63) is 42.0 Å². The zero-order chi connectivity index (χ0) is 13.5. The Labute approximate surface area is 109 Å². The lowest BCUT2D eigenvalue weighted by Crippen LogP contribution is -2.32. The SMILES string of the molecule is C=C(C)CNC(N)=NCc1ccc(N(C)C)cc1. The standard InChI is InChI=1S/C14H22N4/c1-11(2)9-16-14(15)17-10-12-5-7-13(8-6-12)18(3)4/h5-8H,1,9-10H2,2-4H3,(H3,15,16,17). The molecule has 0 aromatic heterocycles. The number of nitrogens with zero attached hydrogens (tertiary/aromatic N) is 2. The molecule has 0 aliphatic heterocycles. The number of nitrogens with one attached hydrogen (secondary N) is 1. The predicted molar refractivity (Wildman–Crippen MR) is 78.9 cm³/mol. The summed E-state index contributed by atoms with van der Waals surface area (Å²) in [7, 11) is 4.04. The minimum atomic E-state index is 0.453. The second-order valence-electron chi connectivity index (χ2n) is 4.57. The molecule has 0 saturated carbocycles. The summed E-state index contributed by atoms with van der Waals surface area (Å²) in [5, 5.41) is 3.00. The monoisotopic (exact) mass is 246 g/mol. The maximum absolute atomic E-state index is 5.74. The van der Waals surface area contributed by atoms with Gasteiger partial charge in [-0.3, -0.25) is 0 Å². The van der Waals surface area contributed by atoms with Gasteiger partial charge in [0.05, 0.1) is 6.54 Å². The molecule has 1 aromatic rings. The third-order valence-electron chi connectivity index (χ3n) is 2.46. The van der Waals surface area contributed by atoms with Crippen LogP contribution in [0.2, 0.25) is 0 Å². The van der Waals surface area contributed by atoms with E-state index in [-0.39, 0.29) is 0 Å². The van der Waals surface area contributed by atoms with Crippen molar-refractivity contribution in [1.82, 2.24) is 5.32 Å². The van der Waals surface area contributed by atoms with Gasteiger partial charge in [0, 0.05) is 26.3 Å². The summed E-state index contributed by atoms with van der Waals surface area (Å²) in [6.45, 7) is 6.99. The number of guanidine groups is 1. The van der Waals surface area contributed by atoms with Crippen LogP contribution in [0, 0.1) is 0 Å². The minimum absolute atomic E-state index is 0.453. The molecule has 98 valence electrons. The van der Waals surface area contributed by atoms with Crippen molar-refractivity contribution in [1.29, 1.82) is 0 Å². The van der Waals surface area contributed by atoms with Gasteiger partial charge in [-0.2, -0.15) is 0 Å². The number of nitrogens with two attached hydrogens (primary N) is 1. The van der Waals surface area contributed by atoms with Crippen LogP contribution in [0.25, 0.3) is 0 Å². The predicted octanol–water partition coefficient (Wildman–Crippen LogP) is 1.73. The largest absolute Gasteiger partial charge is 0.378 e. The van der Waals surface area contributed by atoms with Crippen LogP contribution in [0.4, 0.5) is 5.69 Å². The number of hydrogen-bond donors (Lipinski definition) is 2. The lowest BCUT2D eigenvalue weighted by atomic mass is 10.2. The zero-order valence-electron chi connectivity index (χ0n) is 11.4. The van der Waals surface area contributed by atoms with E-state index in [0.29, 0.717) is 19.0 Å². The molecule has 4 heteroatoms. The molecule has 1 aromatic carbocycles. The van der Waals surface area contributed by atoms with Gasteiger partial charge in [0.1, 0.15) is 0 Å². The Balaban J connectivity index is 2.52. The van der Waals surface area contributed by atoms with Crippen LogP contribution in [-0.2, 0) is 6.54 Å². The van der Waals surface area contributed by atoms with Gasteiger partial charge in [-0.05, 0) is 24.6 Å². The van der Waals surface area contributed by atoms with Crippen molar-refractivity contribution in [3.8, 4) is 0 Å². The van der Waals surface area contributed by atoms with Gasteiger partial charge in [-0.25, -0.2) is 4.99 Å². The van der Waals surface area contributed by atoms with Crippen molar-refractivity contribution in [2.75, 3.05) is 25.5 Å². The first-order valence-corrected chi connectivity index (χ1v) is 5.93. The zero-order valence-corrected chi connectivity index (χ0v) is 11.4. The van der Waals surface area contributed by atoms with E-state index >= 15 is 0 Å². The average molecular weight is 246 g/mol. The third-order valence-corrected chi connectivity index (χ3v) is 2.46. The first-order chi connectivity index (χ1) is 8.49. The average Bonchev–Trinajstić information content (AvgIpc) is 2.34. The van der Waals surface area contributed by atoms with E-state index in [1.807, 2.05) is 21.0 Å². The topological polar surface area (TPSA) is 53.6 Å². The second kappa shape index (κ2) is 6.69. The fraction of sp³-hybridized carbons (Fsp3) is 0.357. The van der Waals surface area contributed by atoms with Crippen molar-refractivity contribution >= 4 is 11.6 Å². The second-order valence-corrected chi connectivity index (χ2v) is 4.57. The quantitative estimate of drug-likeness (QED) is 0.472. The Bertz CT molecular complexity index is 418. The molecule has 0 saturated heterocycles. The summed E-state index contributed by atoms with van der Waals surface area (Å²) < 4.78 is 0. The highest BCUT2D eigenvalue weighted by Gasteiger charge is 1.96. The molecular formula is C14H22N4. The van der Waals surface area contributed by atoms with Gasteiger partial charge >= 0.3 is 0 Å². The van der Waals surface area contributed by atoms with Crippen molar-refractivity contribution < 1.29 is 0 Å². The van der Waals surface area contributed by atoms with E-state index in [9.17, 15) is 0 Å². The van der Waals surface area contributed by atoms with Gasteiger partial charge in [-0.15, -0.1) is 0 Å². The fourth-order valence-corrected chi connectivity index (χ4v) is 1.37. The van der Waals surface area contributed by atoms with Crippen LogP contribution in [-0.4, -0.2) is 26.6 Å². The Morgan fingerprint density at radius 3 is 2.44 bits per heavy atom. The highest BCUT2D eigenvalue weighted by molar-refractivity contribution is 5.78. The molecule has 0 amide bonds. The normalized spacial score (nSPS) is 11.2. The van der Waals surface area contributed by atoms with Crippen molar-refractivity contribution in [2.24, 2.45) is 10.7 Å². The lowest BCUT2D eigenvalue weighted by Gasteiger charge is -2.12. The number of anilines is 1. The summed E-state index contributed by atoms with van der Waals surface area (Å²) in [5.41, 5.74) is 9.08. The lowest BCUT2D eigenvalue weighted by molar-refractivity contribution is 0.940. The molecule has 3 N–H and O–H groups in total. The summed E-state index contributed by atoms with van der Waals surface area (Å²) in [6.07, 6.45) is 0. The van der Waals surface area contributed by atoms with Gasteiger partial charge in [0.2, 0.25) is 0 Å². The van der Waals surface area contributed by atoms with Crippen LogP contribution in [0.5, 0.6) is 0 Å². The molecule has 4 nitrogen and oxygen atoms in total. The Morgan fingerprint density at radius 1 is 1.33 bits per heavy atom. The molecule has 0 unspecified atom stereocenters. The maximum atomic E-state index is 5.74. The molecule has 0 heterocycles. The van der Waals surface area contributed by atoms with Crippen LogP contribution in [0.3, 0.4) is 0 Å². The molecule has 0 bridgehead atoms. The van der Waals surface area contributed by atoms with E-state index in [1.54, 1.807) is 0 Å². The van der Waals surface area contributed by atoms with E-state index < -0.39 is 0 Å². The minimum Gasteiger partial charge on any atom is -0.378 e. The van der Waals surface area contributed by atoms with Crippen LogP contribution in [0.15, 0.2) is 41.4 Å². The third kappa shape index (κ3) is 4.91. The molecule has 18 heavy (non-hydrogen) atoms. The van der Waals surface area contributed by atoms with E-state index in [1.165, 1.54) is 5.69 Å². The Hall–Kier alpha value is -1.97. The summed E-state index contributed by atoms with van der Waals surface area (Å²) in [5.74, 6) is 0.453. The van der Waals surface area contributed by atoms with Crippen LogP contribution >= 0.6 is 0 Å². The highest BCUT2D eigenvalue weighted by Crippen LogP contribution is 2.12. The van der Waals surface area contributed by atoms with Gasteiger partial charge in [-0.1, -0.05) is 24.3 Å². The first kappa shape index (κ1) is 14.1. The molecule has 0 aliphatic carbocycles. The summed E-state index contributed by atoms with van der Waals surface area (Å²) >= 11 is 0. The van der Waals surface area contributed by atoms with Gasteiger partial charge in [0.15, 0.2) is 5.96 Å². The molecule has 0 atom stereocenters. The van der Waals surface area contributed by atoms with E-state index in [0.717, 1.165) is 11.1 Å². The van der Waals surface area contributed by atoms with Gasteiger partial charge < -0.3 is 16.0 Å². The molecule has 0 fully saturated rings. The molecular weight excluding hydrogens is 224 g/mol. The summed E-state index contributed by atoms with van der Waals surface area (Å²) in [4.78, 5) is 6.33. The van der Waals surface area contributed by atoms with Crippen LogP contribution < -0.4 is 16.0 Å². The van der Waals surface area contributed by atoms with Crippen LogP contribution in [0.1, 0.15) is 12.5 Å². The van der Waals surface area contributed by atoms with Gasteiger partial charge in [0.25, 0.3) is 0 Å². The Morgan fingerprint density at radius 2 is 1.94 bits per heavy atom. The van der Waals surface area contributed by atoms with Crippen molar-refractivity contribution in [2.45, 2.75) is 13.5 Å². The fourth-order valence-electron chi connectivity index (χ4n) is 1.37. The number of aliphatic imine (C=N–C) groups is 1. The molecule has 0 spiro atoms. The molecule has 1 rings (SSSR count). The number of rotatable bonds is 5. The molecule has 0 radical (unpaired) electrons. The number of hydrogen-bond acceptors (Lipinski definition) is 2. The summed E-state index contributed by atoms with van der Waals surface area (Å²) in [6, 6.07) is 8.26. The first-order valence-electron chi connectivity index (χ1n) is 5.93. The smallest absolute Gasteiger partial charge is 0.189 e. The number of benzene rings is 1. The highest BCUT2D eigenvalue weighted by atomic mass is 15.1. The maximum Gasteiger partial charge on any atom is 0.189 e. The van der Waals surface area contributed by atoms with E-state index in [2.05, 4.69) is 46.1 Å².